The first-order chi connectivity index (χ1) is 12.0. The molecule has 0 bridgehead atoms. The van der Waals surface area contributed by atoms with Crippen molar-refractivity contribution < 1.29 is 9.59 Å². The summed E-state index contributed by atoms with van der Waals surface area (Å²) in [7, 11) is 0. The van der Waals surface area contributed by atoms with Crippen LogP contribution in [0.4, 0.5) is 11.4 Å². The summed E-state index contributed by atoms with van der Waals surface area (Å²) in [6, 6.07) is 13.9. The van der Waals surface area contributed by atoms with Crippen molar-refractivity contribution in [3.05, 3.63) is 59.7 Å². The van der Waals surface area contributed by atoms with Gasteiger partial charge in [-0.2, -0.15) is 0 Å². The molecule has 25 heavy (non-hydrogen) atoms. The van der Waals surface area contributed by atoms with Crippen molar-refractivity contribution in [1.29, 1.82) is 0 Å². The molecule has 0 atom stereocenters. The van der Waals surface area contributed by atoms with Crippen molar-refractivity contribution in [3.8, 4) is 0 Å². The van der Waals surface area contributed by atoms with Crippen LogP contribution in [0, 0.1) is 5.92 Å². The molecule has 130 valence electrons. The van der Waals surface area contributed by atoms with Gasteiger partial charge in [-0.15, -0.1) is 0 Å². The van der Waals surface area contributed by atoms with Gasteiger partial charge in [0, 0.05) is 30.0 Å². The summed E-state index contributed by atoms with van der Waals surface area (Å²) in [5.74, 6) is 0.478. The molecular formula is C20H23N3O2. The molecule has 1 heterocycles. The third-order valence-electron chi connectivity index (χ3n) is 4.67. The summed E-state index contributed by atoms with van der Waals surface area (Å²) in [6.45, 7) is 3.84. The van der Waals surface area contributed by atoms with E-state index in [2.05, 4.69) is 12.2 Å². The van der Waals surface area contributed by atoms with E-state index in [-0.39, 0.29) is 11.8 Å². The van der Waals surface area contributed by atoms with Crippen molar-refractivity contribution in [3.63, 3.8) is 0 Å². The van der Waals surface area contributed by atoms with Gasteiger partial charge in [0.05, 0.1) is 5.56 Å². The van der Waals surface area contributed by atoms with E-state index in [4.69, 9.17) is 5.73 Å². The van der Waals surface area contributed by atoms with Gasteiger partial charge >= 0.3 is 0 Å². The fourth-order valence-corrected chi connectivity index (χ4v) is 2.99. The number of hydrogen-bond acceptors (Lipinski definition) is 3. The Morgan fingerprint density at radius 3 is 2.32 bits per heavy atom. The molecule has 2 aromatic carbocycles. The molecule has 1 saturated heterocycles. The Kier molecular flexibility index (Phi) is 5.03. The first-order valence-corrected chi connectivity index (χ1v) is 8.60. The van der Waals surface area contributed by atoms with Gasteiger partial charge in [-0.3, -0.25) is 9.59 Å². The van der Waals surface area contributed by atoms with E-state index in [0.29, 0.717) is 28.4 Å². The zero-order valence-corrected chi connectivity index (χ0v) is 14.4. The lowest BCUT2D eigenvalue weighted by molar-refractivity contribution is 0.0697. The molecular weight excluding hydrogens is 314 g/mol. The topological polar surface area (TPSA) is 75.4 Å². The molecule has 2 amide bonds. The van der Waals surface area contributed by atoms with E-state index < -0.39 is 0 Å². The Morgan fingerprint density at radius 2 is 1.68 bits per heavy atom. The second kappa shape index (κ2) is 7.38. The molecule has 5 heteroatoms. The summed E-state index contributed by atoms with van der Waals surface area (Å²) in [4.78, 5) is 26.7. The standard InChI is InChI=1S/C20H23N3O2/c1-14-10-12-23(13-11-14)20(25)15-6-8-16(9-7-15)22-19(24)17-4-2-3-5-18(17)21/h2-9,14H,10-13,21H2,1H3,(H,22,24). The highest BCUT2D eigenvalue weighted by atomic mass is 16.2. The molecule has 0 spiro atoms. The maximum atomic E-state index is 12.5. The van der Waals surface area contributed by atoms with Gasteiger partial charge in [0.25, 0.3) is 11.8 Å². The number of hydrogen-bond donors (Lipinski definition) is 2. The number of benzene rings is 2. The maximum Gasteiger partial charge on any atom is 0.257 e. The van der Waals surface area contributed by atoms with Crippen LogP contribution in [0.15, 0.2) is 48.5 Å². The normalized spacial score (nSPS) is 15.0. The summed E-state index contributed by atoms with van der Waals surface area (Å²) in [6.07, 6.45) is 2.11. The number of nitrogen functional groups attached to an aromatic ring is 1. The van der Waals surface area contributed by atoms with Crippen molar-refractivity contribution >= 4 is 23.2 Å². The number of anilines is 2. The van der Waals surface area contributed by atoms with Crippen molar-refractivity contribution in [2.24, 2.45) is 5.92 Å². The highest BCUT2D eigenvalue weighted by molar-refractivity contribution is 6.07. The highest BCUT2D eigenvalue weighted by Gasteiger charge is 2.21. The summed E-state index contributed by atoms with van der Waals surface area (Å²) >= 11 is 0. The molecule has 0 aliphatic carbocycles. The van der Waals surface area contributed by atoms with Crippen molar-refractivity contribution in [2.45, 2.75) is 19.8 Å². The van der Waals surface area contributed by atoms with Crippen LogP contribution in [-0.2, 0) is 0 Å². The Labute approximate surface area is 147 Å². The van der Waals surface area contributed by atoms with E-state index >= 15 is 0 Å². The van der Waals surface area contributed by atoms with E-state index in [1.54, 1.807) is 48.5 Å². The number of carbonyl (C=O) groups excluding carboxylic acids is 2. The van der Waals surface area contributed by atoms with Gasteiger partial charge in [-0.25, -0.2) is 0 Å². The molecule has 0 saturated carbocycles. The molecule has 1 fully saturated rings. The quantitative estimate of drug-likeness (QED) is 0.843. The minimum Gasteiger partial charge on any atom is -0.398 e. The molecule has 0 radical (unpaired) electrons. The average molecular weight is 337 g/mol. The minimum absolute atomic E-state index is 0.0529. The molecule has 3 N–H and O–H groups in total. The van der Waals surface area contributed by atoms with Crippen LogP contribution in [-0.4, -0.2) is 29.8 Å². The van der Waals surface area contributed by atoms with Crippen LogP contribution < -0.4 is 11.1 Å². The van der Waals surface area contributed by atoms with Gasteiger partial charge in [0.2, 0.25) is 0 Å². The predicted molar refractivity (Wildman–Crippen MR) is 99.6 cm³/mol. The van der Waals surface area contributed by atoms with Crippen molar-refractivity contribution in [1.82, 2.24) is 4.90 Å². The smallest absolute Gasteiger partial charge is 0.257 e. The lowest BCUT2D eigenvalue weighted by Crippen LogP contribution is -2.37. The van der Waals surface area contributed by atoms with E-state index in [1.807, 2.05) is 4.90 Å². The van der Waals surface area contributed by atoms with Gasteiger partial charge < -0.3 is 16.0 Å². The lowest BCUT2D eigenvalue weighted by Gasteiger charge is -2.30. The first kappa shape index (κ1) is 17.0. The van der Waals surface area contributed by atoms with Gasteiger partial charge in [0.1, 0.15) is 0 Å². The third kappa shape index (κ3) is 3.99. The third-order valence-corrected chi connectivity index (χ3v) is 4.67. The zero-order chi connectivity index (χ0) is 17.8. The Bertz CT molecular complexity index is 763. The van der Waals surface area contributed by atoms with Gasteiger partial charge in [0.15, 0.2) is 0 Å². The number of para-hydroxylation sites is 1. The second-order valence-electron chi connectivity index (χ2n) is 6.59. The fraction of sp³-hybridized carbons (Fsp3) is 0.300. The van der Waals surface area contributed by atoms with Crippen LogP contribution in [0.3, 0.4) is 0 Å². The first-order valence-electron chi connectivity index (χ1n) is 8.60. The number of nitrogens with two attached hydrogens (primary N) is 1. The van der Waals surface area contributed by atoms with E-state index in [0.717, 1.165) is 25.9 Å². The van der Waals surface area contributed by atoms with E-state index in [9.17, 15) is 9.59 Å². The number of carbonyl (C=O) groups is 2. The predicted octanol–water partition coefficient (Wildman–Crippen LogP) is 3.39. The zero-order valence-electron chi connectivity index (χ0n) is 14.4. The Hall–Kier alpha value is -2.82. The van der Waals surface area contributed by atoms with Crippen LogP contribution in [0.2, 0.25) is 0 Å². The lowest BCUT2D eigenvalue weighted by atomic mass is 9.98. The van der Waals surface area contributed by atoms with E-state index in [1.165, 1.54) is 0 Å². The van der Waals surface area contributed by atoms with Gasteiger partial charge in [-0.05, 0) is 55.2 Å². The van der Waals surface area contributed by atoms with Crippen molar-refractivity contribution in [2.75, 3.05) is 24.1 Å². The second-order valence-corrected chi connectivity index (χ2v) is 6.59. The Morgan fingerprint density at radius 1 is 1.04 bits per heavy atom. The number of nitrogens with one attached hydrogen (secondary N) is 1. The van der Waals surface area contributed by atoms with Gasteiger partial charge in [-0.1, -0.05) is 19.1 Å². The number of nitrogens with zero attached hydrogens (tertiary/aromatic N) is 1. The molecule has 2 aromatic rings. The van der Waals surface area contributed by atoms with Crippen LogP contribution in [0.1, 0.15) is 40.5 Å². The molecule has 0 unspecified atom stereocenters. The number of piperidine rings is 1. The number of likely N-dealkylation sites (tertiary alicyclic amines) is 1. The molecule has 1 aliphatic rings. The average Bonchev–Trinajstić information content (AvgIpc) is 2.63. The molecule has 3 rings (SSSR count). The summed E-state index contributed by atoms with van der Waals surface area (Å²) < 4.78 is 0. The number of rotatable bonds is 3. The largest absolute Gasteiger partial charge is 0.398 e. The Balaban J connectivity index is 1.65. The van der Waals surface area contributed by atoms with Crippen LogP contribution in [0.5, 0.6) is 0 Å². The monoisotopic (exact) mass is 337 g/mol. The molecule has 5 nitrogen and oxygen atoms in total. The van der Waals surface area contributed by atoms with Crippen LogP contribution >= 0.6 is 0 Å². The highest BCUT2D eigenvalue weighted by Crippen LogP contribution is 2.20. The molecule has 0 aromatic heterocycles. The maximum absolute atomic E-state index is 12.5. The fourth-order valence-electron chi connectivity index (χ4n) is 2.99. The van der Waals surface area contributed by atoms with Crippen LogP contribution in [0.25, 0.3) is 0 Å². The summed E-state index contributed by atoms with van der Waals surface area (Å²) in [5, 5.41) is 2.81. The SMILES string of the molecule is CC1CCN(C(=O)c2ccc(NC(=O)c3ccccc3N)cc2)CC1. The summed E-state index contributed by atoms with van der Waals surface area (Å²) in [5.41, 5.74) is 7.97. The molecule has 1 aliphatic heterocycles. The number of amides is 2. The minimum atomic E-state index is -0.262.